The van der Waals surface area contributed by atoms with Crippen LogP contribution in [0.1, 0.15) is 20.3 Å². The number of hydrogen-bond acceptors (Lipinski definition) is 3. The predicted molar refractivity (Wildman–Crippen MR) is 55.0 cm³/mol. The maximum absolute atomic E-state index is 5.46. The van der Waals surface area contributed by atoms with Gasteiger partial charge in [0.05, 0.1) is 6.61 Å². The van der Waals surface area contributed by atoms with Crippen molar-refractivity contribution >= 4 is 0 Å². The largest absolute Gasteiger partial charge is 0.380 e. The Bertz CT molecular complexity index is 130. The van der Waals surface area contributed by atoms with Crippen LogP contribution in [-0.2, 0) is 4.74 Å². The van der Waals surface area contributed by atoms with Gasteiger partial charge in [-0.15, -0.1) is 0 Å². The smallest absolute Gasteiger partial charge is 0.0593 e. The van der Waals surface area contributed by atoms with E-state index in [4.69, 9.17) is 4.74 Å². The van der Waals surface area contributed by atoms with Crippen molar-refractivity contribution in [3.05, 3.63) is 0 Å². The third-order valence-electron chi connectivity index (χ3n) is 2.35. The second kappa shape index (κ2) is 6.35. The zero-order chi connectivity index (χ0) is 9.52. The van der Waals surface area contributed by atoms with Gasteiger partial charge in [-0.25, -0.2) is 0 Å². The first kappa shape index (κ1) is 11.0. The predicted octanol–water partition coefficient (Wildman–Crippen LogP) is 0.707. The highest BCUT2D eigenvalue weighted by atomic mass is 16.5. The van der Waals surface area contributed by atoms with Crippen LogP contribution in [0.25, 0.3) is 0 Å². The topological polar surface area (TPSA) is 24.5 Å². The summed E-state index contributed by atoms with van der Waals surface area (Å²) in [6.07, 6.45) is 1.12. The molecule has 3 heteroatoms. The Kier molecular flexibility index (Phi) is 5.35. The Hall–Kier alpha value is -0.120. The normalized spacial score (nSPS) is 24.9. The third-order valence-corrected chi connectivity index (χ3v) is 2.35. The summed E-state index contributed by atoms with van der Waals surface area (Å²) >= 11 is 0. The molecule has 0 aromatic carbocycles. The molecule has 0 aliphatic carbocycles. The highest BCUT2D eigenvalue weighted by molar-refractivity contribution is 4.74. The standard InChI is InChI=1S/C10H22N2O/c1-3-7-13-8-6-12-5-4-11-10(2)9-12/h10-11H,3-9H2,1-2H3. The molecule has 1 N–H and O–H groups in total. The van der Waals surface area contributed by atoms with E-state index < -0.39 is 0 Å². The lowest BCUT2D eigenvalue weighted by Crippen LogP contribution is -2.49. The van der Waals surface area contributed by atoms with Gasteiger partial charge in [-0.2, -0.15) is 0 Å². The molecule has 0 bridgehead atoms. The Morgan fingerprint density at radius 2 is 2.31 bits per heavy atom. The molecule has 1 saturated heterocycles. The molecule has 1 atom stereocenters. The first-order valence-electron chi connectivity index (χ1n) is 5.36. The second-order valence-electron chi connectivity index (χ2n) is 3.77. The first-order chi connectivity index (χ1) is 6.33. The van der Waals surface area contributed by atoms with E-state index >= 15 is 0 Å². The fourth-order valence-corrected chi connectivity index (χ4v) is 1.66. The van der Waals surface area contributed by atoms with Crippen molar-refractivity contribution in [1.29, 1.82) is 0 Å². The van der Waals surface area contributed by atoms with Crippen molar-refractivity contribution < 1.29 is 4.74 Å². The molecule has 0 spiro atoms. The molecule has 0 radical (unpaired) electrons. The Morgan fingerprint density at radius 1 is 1.46 bits per heavy atom. The van der Waals surface area contributed by atoms with Gasteiger partial charge < -0.3 is 10.1 Å². The van der Waals surface area contributed by atoms with Crippen LogP contribution in [0.3, 0.4) is 0 Å². The van der Waals surface area contributed by atoms with E-state index in [9.17, 15) is 0 Å². The monoisotopic (exact) mass is 186 g/mol. The summed E-state index contributed by atoms with van der Waals surface area (Å²) in [6, 6.07) is 0.639. The van der Waals surface area contributed by atoms with E-state index in [1.165, 1.54) is 6.54 Å². The molecule has 0 saturated carbocycles. The minimum absolute atomic E-state index is 0.639. The zero-order valence-electron chi connectivity index (χ0n) is 8.88. The third kappa shape index (κ3) is 4.60. The SMILES string of the molecule is CCCOCCN1CCNC(C)C1. The first-order valence-corrected chi connectivity index (χ1v) is 5.36. The number of nitrogens with one attached hydrogen (secondary N) is 1. The quantitative estimate of drug-likeness (QED) is 0.640. The molecule has 1 aliphatic heterocycles. The number of piperazine rings is 1. The lowest BCUT2D eigenvalue weighted by molar-refractivity contribution is 0.0935. The van der Waals surface area contributed by atoms with Crippen molar-refractivity contribution in [3.8, 4) is 0 Å². The van der Waals surface area contributed by atoms with Crippen LogP contribution in [0.15, 0.2) is 0 Å². The van der Waals surface area contributed by atoms with E-state index in [2.05, 4.69) is 24.1 Å². The summed E-state index contributed by atoms with van der Waals surface area (Å²) < 4.78 is 5.46. The minimum atomic E-state index is 0.639. The van der Waals surface area contributed by atoms with Crippen molar-refractivity contribution in [2.24, 2.45) is 0 Å². The van der Waals surface area contributed by atoms with E-state index in [1.54, 1.807) is 0 Å². The molecule has 3 nitrogen and oxygen atoms in total. The van der Waals surface area contributed by atoms with Crippen LogP contribution in [0.4, 0.5) is 0 Å². The van der Waals surface area contributed by atoms with E-state index in [0.29, 0.717) is 6.04 Å². The van der Waals surface area contributed by atoms with Gasteiger partial charge in [0.25, 0.3) is 0 Å². The number of hydrogen-bond donors (Lipinski definition) is 1. The van der Waals surface area contributed by atoms with Crippen LogP contribution >= 0.6 is 0 Å². The lowest BCUT2D eigenvalue weighted by atomic mass is 10.2. The van der Waals surface area contributed by atoms with Crippen LogP contribution in [-0.4, -0.2) is 50.3 Å². The highest BCUT2D eigenvalue weighted by Gasteiger charge is 2.14. The fourth-order valence-electron chi connectivity index (χ4n) is 1.66. The number of rotatable bonds is 5. The molecule has 1 rings (SSSR count). The van der Waals surface area contributed by atoms with Crippen LogP contribution < -0.4 is 5.32 Å². The molecule has 1 aliphatic rings. The zero-order valence-corrected chi connectivity index (χ0v) is 8.88. The van der Waals surface area contributed by atoms with Gasteiger partial charge in [0.2, 0.25) is 0 Å². The average Bonchev–Trinajstić information content (AvgIpc) is 2.13. The van der Waals surface area contributed by atoms with E-state index in [-0.39, 0.29) is 0 Å². The Labute approximate surface area is 81.4 Å². The second-order valence-corrected chi connectivity index (χ2v) is 3.77. The van der Waals surface area contributed by atoms with Crippen LogP contribution in [0.5, 0.6) is 0 Å². The van der Waals surface area contributed by atoms with Gasteiger partial charge in [-0.3, -0.25) is 4.90 Å². The molecule has 0 aromatic heterocycles. The molecule has 13 heavy (non-hydrogen) atoms. The highest BCUT2D eigenvalue weighted by Crippen LogP contribution is 1.97. The van der Waals surface area contributed by atoms with Gasteiger partial charge >= 0.3 is 0 Å². The van der Waals surface area contributed by atoms with Crippen molar-refractivity contribution in [1.82, 2.24) is 10.2 Å². The van der Waals surface area contributed by atoms with E-state index in [1.807, 2.05) is 0 Å². The molecular weight excluding hydrogens is 164 g/mol. The lowest BCUT2D eigenvalue weighted by Gasteiger charge is -2.31. The summed E-state index contributed by atoms with van der Waals surface area (Å²) in [6.45, 7) is 10.7. The number of ether oxygens (including phenoxy) is 1. The van der Waals surface area contributed by atoms with Crippen molar-refractivity contribution in [2.45, 2.75) is 26.3 Å². The Balaban J connectivity index is 2.00. The molecule has 1 heterocycles. The summed E-state index contributed by atoms with van der Waals surface area (Å²) in [7, 11) is 0. The Morgan fingerprint density at radius 3 is 3.00 bits per heavy atom. The minimum Gasteiger partial charge on any atom is -0.380 e. The summed E-state index contributed by atoms with van der Waals surface area (Å²) in [5.74, 6) is 0. The number of nitrogens with zero attached hydrogens (tertiary/aromatic N) is 1. The van der Waals surface area contributed by atoms with Crippen LogP contribution in [0.2, 0.25) is 0 Å². The molecular formula is C10H22N2O. The maximum atomic E-state index is 5.46. The average molecular weight is 186 g/mol. The van der Waals surface area contributed by atoms with Crippen molar-refractivity contribution in [3.63, 3.8) is 0 Å². The van der Waals surface area contributed by atoms with Gasteiger partial charge in [-0.05, 0) is 13.3 Å². The fraction of sp³-hybridized carbons (Fsp3) is 1.00. The summed E-state index contributed by atoms with van der Waals surface area (Å²) in [5, 5.41) is 3.43. The van der Waals surface area contributed by atoms with Gasteiger partial charge in [0, 0.05) is 38.8 Å². The molecule has 1 fully saturated rings. The van der Waals surface area contributed by atoms with Gasteiger partial charge in [-0.1, -0.05) is 6.92 Å². The van der Waals surface area contributed by atoms with Gasteiger partial charge in [0.15, 0.2) is 0 Å². The van der Waals surface area contributed by atoms with E-state index in [0.717, 1.165) is 39.3 Å². The summed E-state index contributed by atoms with van der Waals surface area (Å²) in [4.78, 5) is 2.47. The van der Waals surface area contributed by atoms with Crippen molar-refractivity contribution in [2.75, 3.05) is 39.4 Å². The van der Waals surface area contributed by atoms with Gasteiger partial charge in [0.1, 0.15) is 0 Å². The molecule has 0 amide bonds. The maximum Gasteiger partial charge on any atom is 0.0593 e. The summed E-state index contributed by atoms with van der Waals surface area (Å²) in [5.41, 5.74) is 0. The molecule has 0 aromatic rings. The molecule has 1 unspecified atom stereocenters. The van der Waals surface area contributed by atoms with Crippen LogP contribution in [0, 0.1) is 0 Å². The molecule has 78 valence electrons.